The number of aryl methyl sites for hydroxylation is 2. The lowest BCUT2D eigenvalue weighted by atomic mass is 9.83. The van der Waals surface area contributed by atoms with Crippen molar-refractivity contribution in [2.45, 2.75) is 85.9 Å². The molecule has 2 aromatic carbocycles. The van der Waals surface area contributed by atoms with Gasteiger partial charge in [0.25, 0.3) is 5.79 Å². The molecule has 0 spiro atoms. The Labute approximate surface area is 279 Å². The third-order valence-corrected chi connectivity index (χ3v) is 9.92. The topological polar surface area (TPSA) is 59.1 Å². The Morgan fingerprint density at radius 3 is 1.40 bits per heavy atom. The van der Waals surface area contributed by atoms with Gasteiger partial charge in [0.05, 0.1) is 0 Å². The molecule has 6 nitrogen and oxygen atoms in total. The van der Waals surface area contributed by atoms with E-state index in [1.54, 1.807) is 13.8 Å². The molecule has 47 heavy (non-hydrogen) atoms. The number of hydrogen-bond donors (Lipinski definition) is 0. The molecule has 3 heterocycles. The van der Waals surface area contributed by atoms with Gasteiger partial charge in [-0.1, -0.05) is 87.4 Å². The van der Waals surface area contributed by atoms with Crippen LogP contribution in [0.1, 0.15) is 77.6 Å². The SMILES string of the molecule is CCN1/C(=C/C=C2C=C/C(=C\C=C3\N(CC)c4ccc(C)cc4C3(C)C)C\2=C2C(=O)OC(C)(C)OC2=O)C(C)(C)c2cc(C)ccc21. The molecule has 4 aliphatic rings. The largest absolute Gasteiger partial charge is 0.419 e. The second-order valence-electron chi connectivity index (χ2n) is 14.4. The zero-order chi connectivity index (χ0) is 34.1. The van der Waals surface area contributed by atoms with Crippen molar-refractivity contribution in [2.75, 3.05) is 22.9 Å². The highest BCUT2D eigenvalue weighted by molar-refractivity contribution is 6.17. The minimum atomic E-state index is -1.33. The van der Waals surface area contributed by atoms with Gasteiger partial charge in [-0.2, -0.15) is 0 Å². The summed E-state index contributed by atoms with van der Waals surface area (Å²) < 4.78 is 11.2. The molecule has 6 heteroatoms. The number of allylic oxidation sites excluding steroid dienone is 11. The van der Waals surface area contributed by atoms with Gasteiger partial charge in [0.2, 0.25) is 0 Å². The Kier molecular flexibility index (Phi) is 7.77. The summed E-state index contributed by atoms with van der Waals surface area (Å²) in [4.78, 5) is 31.6. The third kappa shape index (κ3) is 5.28. The molecule has 2 aromatic rings. The van der Waals surface area contributed by atoms with Gasteiger partial charge >= 0.3 is 11.9 Å². The van der Waals surface area contributed by atoms with E-state index in [1.165, 1.54) is 33.6 Å². The fourth-order valence-electron chi connectivity index (χ4n) is 7.53. The molecule has 0 N–H and O–H groups in total. The summed E-state index contributed by atoms with van der Waals surface area (Å²) in [6, 6.07) is 13.2. The van der Waals surface area contributed by atoms with Crippen molar-refractivity contribution in [3.63, 3.8) is 0 Å². The number of fused-ring (bicyclic) bond motifs is 2. The summed E-state index contributed by atoms with van der Waals surface area (Å²) in [7, 11) is 0. The number of likely N-dealkylation sites (N-methyl/N-ethyl adjacent to an activating group) is 2. The number of anilines is 2. The second kappa shape index (κ2) is 11.3. The number of carbonyl (C=O) groups excluding carboxylic acids is 2. The van der Waals surface area contributed by atoms with E-state index < -0.39 is 17.7 Å². The first-order valence-electron chi connectivity index (χ1n) is 16.6. The number of ether oxygens (including phenoxy) is 2. The predicted octanol–water partition coefficient (Wildman–Crippen LogP) is 8.56. The summed E-state index contributed by atoms with van der Waals surface area (Å²) in [6.07, 6.45) is 12.2. The third-order valence-electron chi connectivity index (χ3n) is 9.92. The van der Waals surface area contributed by atoms with Gasteiger partial charge in [0, 0.05) is 66.1 Å². The average Bonchev–Trinajstić information content (AvgIpc) is 3.54. The molecule has 244 valence electrons. The fraction of sp³-hybridized carbons (Fsp3) is 0.366. The molecule has 1 saturated heterocycles. The average molecular weight is 631 g/mol. The van der Waals surface area contributed by atoms with Crippen LogP contribution in [0.25, 0.3) is 0 Å². The van der Waals surface area contributed by atoms with Gasteiger partial charge in [-0.05, 0) is 74.3 Å². The molecular weight excluding hydrogens is 584 g/mol. The molecule has 0 saturated carbocycles. The zero-order valence-electron chi connectivity index (χ0n) is 29.4. The number of esters is 2. The van der Waals surface area contributed by atoms with Crippen molar-refractivity contribution in [3.05, 3.63) is 129 Å². The van der Waals surface area contributed by atoms with E-state index in [2.05, 4.69) is 114 Å². The summed E-state index contributed by atoms with van der Waals surface area (Å²) in [6.45, 7) is 22.3. The van der Waals surface area contributed by atoms with E-state index in [1.807, 2.05) is 24.3 Å². The minimum absolute atomic E-state index is 0.0856. The number of carbonyl (C=O) groups is 2. The molecule has 0 bridgehead atoms. The van der Waals surface area contributed by atoms with Crippen LogP contribution in [0.15, 0.2) is 107 Å². The second-order valence-corrected chi connectivity index (χ2v) is 14.4. The standard InChI is InChI=1S/C41H46N2O4/c1-11-42-31-19-13-25(3)23-29(31)39(5,6)33(42)21-17-27-15-16-28(35(27)36-37(44)46-41(9,10)47-38(36)45)18-22-34-40(7,8)30-24-26(4)14-20-32(30)43(34)12-2/h13-24H,11-12H2,1-10H3/b27-17+,28-18+,33-21+,34-22+. The highest BCUT2D eigenvalue weighted by atomic mass is 16.7. The Balaban J connectivity index is 1.48. The molecule has 0 atom stereocenters. The lowest BCUT2D eigenvalue weighted by Crippen LogP contribution is -2.42. The van der Waals surface area contributed by atoms with E-state index in [0.29, 0.717) is 5.57 Å². The van der Waals surface area contributed by atoms with E-state index >= 15 is 0 Å². The Morgan fingerprint density at radius 1 is 0.617 bits per heavy atom. The van der Waals surface area contributed by atoms with Gasteiger partial charge < -0.3 is 19.3 Å². The Morgan fingerprint density at radius 2 is 1.02 bits per heavy atom. The summed E-state index contributed by atoms with van der Waals surface area (Å²) >= 11 is 0. The van der Waals surface area contributed by atoms with Crippen LogP contribution in [-0.4, -0.2) is 30.8 Å². The van der Waals surface area contributed by atoms with Crippen LogP contribution >= 0.6 is 0 Å². The van der Waals surface area contributed by atoms with Crippen LogP contribution < -0.4 is 9.80 Å². The minimum Gasteiger partial charge on any atom is -0.419 e. The van der Waals surface area contributed by atoms with Crippen molar-refractivity contribution < 1.29 is 19.1 Å². The normalized spacial score (nSPS) is 24.1. The quantitative estimate of drug-likeness (QED) is 0.192. The van der Waals surface area contributed by atoms with Crippen LogP contribution in [0.2, 0.25) is 0 Å². The first-order chi connectivity index (χ1) is 22.1. The number of nitrogens with zero attached hydrogens (tertiary/aromatic N) is 2. The Hall–Kier alpha value is -4.58. The van der Waals surface area contributed by atoms with E-state index in [0.717, 1.165) is 35.6 Å². The number of benzene rings is 2. The first-order valence-corrected chi connectivity index (χ1v) is 16.6. The lowest BCUT2D eigenvalue weighted by Gasteiger charge is -2.31. The maximum absolute atomic E-state index is 13.5. The lowest BCUT2D eigenvalue weighted by molar-refractivity contribution is -0.222. The van der Waals surface area contributed by atoms with Crippen molar-refractivity contribution in [3.8, 4) is 0 Å². The van der Waals surface area contributed by atoms with Crippen LogP contribution in [0, 0.1) is 13.8 Å². The van der Waals surface area contributed by atoms with E-state index in [4.69, 9.17) is 9.47 Å². The molecule has 0 amide bonds. The van der Waals surface area contributed by atoms with Crippen LogP contribution in [0.5, 0.6) is 0 Å². The fourth-order valence-corrected chi connectivity index (χ4v) is 7.53. The molecule has 6 rings (SSSR count). The van der Waals surface area contributed by atoms with Gasteiger partial charge in [0.1, 0.15) is 0 Å². The van der Waals surface area contributed by atoms with Crippen molar-refractivity contribution in [2.24, 2.45) is 0 Å². The highest BCUT2D eigenvalue weighted by Crippen LogP contribution is 2.49. The summed E-state index contributed by atoms with van der Waals surface area (Å²) in [5.41, 5.74) is 11.2. The zero-order valence-corrected chi connectivity index (χ0v) is 29.4. The molecule has 0 radical (unpaired) electrons. The van der Waals surface area contributed by atoms with E-state index in [9.17, 15) is 9.59 Å². The highest BCUT2D eigenvalue weighted by Gasteiger charge is 2.43. The van der Waals surface area contributed by atoms with Crippen LogP contribution in [0.4, 0.5) is 11.4 Å². The van der Waals surface area contributed by atoms with Crippen molar-refractivity contribution in [1.82, 2.24) is 0 Å². The van der Waals surface area contributed by atoms with Gasteiger partial charge in [-0.3, -0.25) is 0 Å². The number of hydrogen-bond acceptors (Lipinski definition) is 6. The number of rotatable bonds is 4. The Bertz CT molecular complexity index is 1760. The van der Waals surface area contributed by atoms with Gasteiger partial charge in [-0.15, -0.1) is 0 Å². The maximum Gasteiger partial charge on any atom is 0.349 e. The first kappa shape index (κ1) is 32.4. The van der Waals surface area contributed by atoms with Gasteiger partial charge in [0.15, 0.2) is 5.57 Å². The summed E-state index contributed by atoms with van der Waals surface area (Å²) in [5.74, 6) is -2.69. The van der Waals surface area contributed by atoms with Crippen molar-refractivity contribution >= 4 is 23.3 Å². The summed E-state index contributed by atoms with van der Waals surface area (Å²) in [5, 5.41) is 0. The van der Waals surface area contributed by atoms with Gasteiger partial charge in [-0.25, -0.2) is 9.59 Å². The van der Waals surface area contributed by atoms with E-state index in [-0.39, 0.29) is 16.4 Å². The monoisotopic (exact) mass is 630 g/mol. The molecule has 3 aliphatic heterocycles. The molecule has 1 fully saturated rings. The smallest absolute Gasteiger partial charge is 0.349 e. The molecular formula is C41H46N2O4. The maximum atomic E-state index is 13.5. The van der Waals surface area contributed by atoms with Crippen molar-refractivity contribution in [1.29, 1.82) is 0 Å². The number of cyclic esters (lactones) is 2. The molecule has 1 aliphatic carbocycles. The molecule has 0 unspecified atom stereocenters. The predicted molar refractivity (Wildman–Crippen MR) is 189 cm³/mol. The molecule has 0 aromatic heterocycles. The van der Waals surface area contributed by atoms with Crippen LogP contribution in [-0.2, 0) is 29.9 Å². The van der Waals surface area contributed by atoms with Crippen LogP contribution in [0.3, 0.4) is 0 Å².